The van der Waals surface area contributed by atoms with Gasteiger partial charge in [0.1, 0.15) is 0 Å². The zero-order valence-electron chi connectivity index (χ0n) is 8.68. The maximum absolute atomic E-state index is 11.6. The predicted octanol–water partition coefficient (Wildman–Crippen LogP) is 1.13. The van der Waals surface area contributed by atoms with Crippen molar-refractivity contribution in [2.24, 2.45) is 5.73 Å². The van der Waals surface area contributed by atoms with Gasteiger partial charge in [0.25, 0.3) is 0 Å². The Labute approximate surface area is 80.3 Å². The molecule has 0 unspecified atom stereocenters. The van der Waals surface area contributed by atoms with Crippen molar-refractivity contribution < 1.29 is 4.79 Å². The van der Waals surface area contributed by atoms with E-state index in [1.165, 1.54) is 0 Å². The number of rotatable bonds is 4. The lowest BCUT2D eigenvalue weighted by Gasteiger charge is -2.40. The van der Waals surface area contributed by atoms with Crippen LogP contribution in [0.2, 0.25) is 0 Å². The van der Waals surface area contributed by atoms with Crippen LogP contribution in [0, 0.1) is 0 Å². The summed E-state index contributed by atoms with van der Waals surface area (Å²) in [6, 6.07) is 0. The van der Waals surface area contributed by atoms with Crippen molar-refractivity contribution in [2.75, 3.05) is 13.1 Å². The maximum Gasteiger partial charge on any atom is 0.223 e. The number of nitrogens with zero attached hydrogens (tertiary/aromatic N) is 1. The quantitative estimate of drug-likeness (QED) is 0.712. The Morgan fingerprint density at radius 3 is 2.38 bits per heavy atom. The monoisotopic (exact) mass is 184 g/mol. The van der Waals surface area contributed by atoms with E-state index in [0.717, 1.165) is 25.8 Å². The molecule has 1 rings (SSSR count). The standard InChI is InChI=1S/C10H20N2O/c1-3-10(4-2,8-11)12-7-5-6-9(12)13/h3-8,11H2,1-2H3. The highest BCUT2D eigenvalue weighted by atomic mass is 16.2. The molecule has 0 spiro atoms. The smallest absolute Gasteiger partial charge is 0.223 e. The van der Waals surface area contributed by atoms with Gasteiger partial charge in [0.2, 0.25) is 5.91 Å². The van der Waals surface area contributed by atoms with Crippen LogP contribution in [0.1, 0.15) is 39.5 Å². The number of amides is 1. The Morgan fingerprint density at radius 2 is 2.08 bits per heavy atom. The molecule has 0 bridgehead atoms. The first-order valence-corrected chi connectivity index (χ1v) is 5.20. The van der Waals surface area contributed by atoms with E-state index >= 15 is 0 Å². The molecule has 1 heterocycles. The van der Waals surface area contributed by atoms with Crippen molar-refractivity contribution in [3.8, 4) is 0 Å². The molecule has 76 valence electrons. The summed E-state index contributed by atoms with van der Waals surface area (Å²) < 4.78 is 0. The molecule has 0 atom stereocenters. The van der Waals surface area contributed by atoms with Crippen molar-refractivity contribution in [3.05, 3.63) is 0 Å². The molecule has 13 heavy (non-hydrogen) atoms. The third kappa shape index (κ3) is 1.70. The van der Waals surface area contributed by atoms with Gasteiger partial charge in [0.05, 0.1) is 5.54 Å². The van der Waals surface area contributed by atoms with Gasteiger partial charge in [-0.1, -0.05) is 13.8 Å². The number of likely N-dealkylation sites (tertiary alicyclic amines) is 1. The Hall–Kier alpha value is -0.570. The van der Waals surface area contributed by atoms with Crippen molar-refractivity contribution in [2.45, 2.75) is 45.1 Å². The zero-order chi connectivity index (χ0) is 9.90. The summed E-state index contributed by atoms with van der Waals surface area (Å²) in [5.41, 5.74) is 5.72. The van der Waals surface area contributed by atoms with E-state index < -0.39 is 0 Å². The first-order valence-electron chi connectivity index (χ1n) is 5.20. The van der Waals surface area contributed by atoms with Crippen LogP contribution in [0.4, 0.5) is 0 Å². The molecule has 3 nitrogen and oxygen atoms in total. The van der Waals surface area contributed by atoms with Gasteiger partial charge >= 0.3 is 0 Å². The highest BCUT2D eigenvalue weighted by molar-refractivity contribution is 5.79. The maximum atomic E-state index is 11.6. The molecule has 1 aliphatic rings. The van der Waals surface area contributed by atoms with Gasteiger partial charge in [-0.15, -0.1) is 0 Å². The van der Waals surface area contributed by atoms with Crippen LogP contribution in [-0.2, 0) is 4.79 Å². The number of carbonyl (C=O) groups is 1. The molecule has 0 radical (unpaired) electrons. The van der Waals surface area contributed by atoms with E-state index in [9.17, 15) is 4.79 Å². The van der Waals surface area contributed by atoms with Crippen molar-refractivity contribution in [1.82, 2.24) is 4.90 Å². The fourth-order valence-electron chi connectivity index (χ4n) is 2.18. The van der Waals surface area contributed by atoms with Crippen LogP contribution >= 0.6 is 0 Å². The van der Waals surface area contributed by atoms with E-state index in [0.29, 0.717) is 13.0 Å². The molecule has 1 aliphatic heterocycles. The Bertz CT molecular complexity index is 179. The summed E-state index contributed by atoms with van der Waals surface area (Å²) in [6.45, 7) is 5.72. The van der Waals surface area contributed by atoms with Crippen LogP contribution in [0.5, 0.6) is 0 Å². The van der Waals surface area contributed by atoms with Crippen molar-refractivity contribution in [3.63, 3.8) is 0 Å². The zero-order valence-corrected chi connectivity index (χ0v) is 8.68. The first-order chi connectivity index (χ1) is 6.20. The van der Waals surface area contributed by atoms with E-state index in [2.05, 4.69) is 13.8 Å². The molecule has 0 aromatic carbocycles. The minimum absolute atomic E-state index is 0.0619. The van der Waals surface area contributed by atoms with Crippen LogP contribution < -0.4 is 5.73 Å². The van der Waals surface area contributed by atoms with Crippen LogP contribution in [0.25, 0.3) is 0 Å². The van der Waals surface area contributed by atoms with E-state index in [4.69, 9.17) is 5.73 Å². The molecule has 1 saturated heterocycles. The molecule has 0 aliphatic carbocycles. The second kappa shape index (κ2) is 4.09. The molecular weight excluding hydrogens is 164 g/mol. The lowest BCUT2D eigenvalue weighted by atomic mass is 9.91. The minimum Gasteiger partial charge on any atom is -0.336 e. The van der Waals surface area contributed by atoms with Crippen molar-refractivity contribution >= 4 is 5.91 Å². The van der Waals surface area contributed by atoms with Crippen LogP contribution in [-0.4, -0.2) is 29.4 Å². The van der Waals surface area contributed by atoms with E-state index in [-0.39, 0.29) is 11.4 Å². The van der Waals surface area contributed by atoms with Gasteiger partial charge in [-0.25, -0.2) is 0 Å². The Kier molecular flexibility index (Phi) is 3.31. The fraction of sp³-hybridized carbons (Fsp3) is 0.900. The van der Waals surface area contributed by atoms with Gasteiger partial charge in [-0.3, -0.25) is 4.79 Å². The van der Waals surface area contributed by atoms with E-state index in [1.807, 2.05) is 4.90 Å². The summed E-state index contributed by atoms with van der Waals surface area (Å²) >= 11 is 0. The summed E-state index contributed by atoms with van der Waals surface area (Å²) in [6.07, 6.45) is 3.64. The summed E-state index contributed by atoms with van der Waals surface area (Å²) in [4.78, 5) is 13.6. The summed E-state index contributed by atoms with van der Waals surface area (Å²) in [5, 5.41) is 0. The second-order valence-corrected chi connectivity index (χ2v) is 3.78. The normalized spacial score (nSPS) is 18.4. The summed E-state index contributed by atoms with van der Waals surface area (Å²) in [7, 11) is 0. The molecule has 0 saturated carbocycles. The van der Waals surface area contributed by atoms with Gasteiger partial charge in [-0.05, 0) is 19.3 Å². The third-order valence-electron chi connectivity index (χ3n) is 3.34. The van der Waals surface area contributed by atoms with Gasteiger partial charge in [0, 0.05) is 19.5 Å². The molecule has 3 heteroatoms. The van der Waals surface area contributed by atoms with Crippen LogP contribution in [0.3, 0.4) is 0 Å². The first kappa shape index (κ1) is 10.5. The number of carbonyl (C=O) groups excluding carboxylic acids is 1. The fourth-order valence-corrected chi connectivity index (χ4v) is 2.18. The Balaban J connectivity index is 2.79. The average molecular weight is 184 g/mol. The molecule has 2 N–H and O–H groups in total. The van der Waals surface area contributed by atoms with Gasteiger partial charge < -0.3 is 10.6 Å². The average Bonchev–Trinajstić information content (AvgIpc) is 2.57. The van der Waals surface area contributed by atoms with Crippen molar-refractivity contribution in [1.29, 1.82) is 0 Å². The third-order valence-corrected chi connectivity index (χ3v) is 3.34. The lowest BCUT2D eigenvalue weighted by Crippen LogP contribution is -2.53. The number of hydrogen-bond donors (Lipinski definition) is 1. The molecule has 0 aromatic rings. The van der Waals surface area contributed by atoms with Gasteiger partial charge in [0.15, 0.2) is 0 Å². The molecular formula is C10H20N2O. The molecule has 1 amide bonds. The number of nitrogens with two attached hydrogens (primary N) is 1. The van der Waals surface area contributed by atoms with E-state index in [1.54, 1.807) is 0 Å². The molecule has 1 fully saturated rings. The highest BCUT2D eigenvalue weighted by Gasteiger charge is 2.37. The summed E-state index contributed by atoms with van der Waals surface area (Å²) in [5.74, 6) is 0.286. The topological polar surface area (TPSA) is 46.3 Å². The highest BCUT2D eigenvalue weighted by Crippen LogP contribution is 2.27. The largest absolute Gasteiger partial charge is 0.336 e. The van der Waals surface area contributed by atoms with Gasteiger partial charge in [-0.2, -0.15) is 0 Å². The lowest BCUT2D eigenvalue weighted by molar-refractivity contribution is -0.133. The minimum atomic E-state index is -0.0619. The molecule has 0 aromatic heterocycles. The second-order valence-electron chi connectivity index (χ2n) is 3.78. The number of hydrogen-bond acceptors (Lipinski definition) is 2. The SMILES string of the molecule is CCC(CC)(CN)N1CCCC1=O. The Morgan fingerprint density at radius 1 is 1.46 bits per heavy atom. The van der Waals surface area contributed by atoms with Crippen LogP contribution in [0.15, 0.2) is 0 Å². The predicted molar refractivity (Wildman–Crippen MR) is 53.3 cm³/mol.